The third kappa shape index (κ3) is 2.90. The van der Waals surface area contributed by atoms with Crippen molar-refractivity contribution in [3.8, 4) is 0 Å². The normalized spacial score (nSPS) is 14.5. The topological polar surface area (TPSA) is 34.0 Å². The fourth-order valence-electron chi connectivity index (χ4n) is 3.77. The van der Waals surface area contributed by atoms with Gasteiger partial charge in [-0.1, -0.05) is 66.2 Å². The van der Waals surface area contributed by atoms with E-state index in [4.69, 9.17) is 11.6 Å². The molecular weight excluding hydrogens is 368 g/mol. The van der Waals surface area contributed by atoms with E-state index < -0.39 is 0 Å². The Balaban J connectivity index is 1.63. The number of carbonyl (C=O) groups is 1. The Bertz CT molecular complexity index is 1240. The maximum atomic E-state index is 12.6. The molecule has 0 atom stereocenters. The van der Waals surface area contributed by atoms with Crippen LogP contribution in [0.3, 0.4) is 0 Å². The van der Waals surface area contributed by atoms with Crippen molar-refractivity contribution in [3.05, 3.63) is 101 Å². The number of nitrogens with one attached hydrogen (secondary N) is 1. The predicted octanol–water partition coefficient (Wildman–Crippen LogP) is 5.84. The molecule has 1 amide bonds. The zero-order valence-corrected chi connectivity index (χ0v) is 15.8. The first-order chi connectivity index (χ1) is 13.7. The van der Waals surface area contributed by atoms with Gasteiger partial charge in [-0.25, -0.2) is 0 Å². The second-order valence-electron chi connectivity index (χ2n) is 6.92. The van der Waals surface area contributed by atoms with Gasteiger partial charge in [-0.3, -0.25) is 4.79 Å². The molecule has 0 fully saturated rings. The number of halogens is 1. The second-order valence-corrected chi connectivity index (χ2v) is 7.35. The first-order valence-electron chi connectivity index (χ1n) is 9.14. The maximum Gasteiger partial charge on any atom is 0.256 e. The van der Waals surface area contributed by atoms with E-state index in [0.29, 0.717) is 10.6 Å². The molecule has 28 heavy (non-hydrogen) atoms. The zero-order valence-electron chi connectivity index (χ0n) is 15.0. The molecule has 0 spiro atoms. The van der Waals surface area contributed by atoms with Crippen LogP contribution in [0.5, 0.6) is 0 Å². The largest absolute Gasteiger partial charge is 0.342 e. The fourth-order valence-corrected chi connectivity index (χ4v) is 3.94. The van der Waals surface area contributed by atoms with E-state index >= 15 is 0 Å². The lowest BCUT2D eigenvalue weighted by Crippen LogP contribution is -2.03. The van der Waals surface area contributed by atoms with Crippen LogP contribution < -0.4 is 5.32 Å². The summed E-state index contributed by atoms with van der Waals surface area (Å²) in [6, 6.07) is 24.1. The monoisotopic (exact) mass is 384 g/mol. The van der Waals surface area contributed by atoms with Crippen molar-refractivity contribution in [2.75, 3.05) is 5.32 Å². The van der Waals surface area contributed by atoms with E-state index in [9.17, 15) is 4.79 Å². The van der Waals surface area contributed by atoms with E-state index in [1.807, 2.05) is 36.4 Å². The number of amides is 1. The van der Waals surface area contributed by atoms with Gasteiger partial charge < -0.3 is 9.88 Å². The number of carbonyl (C=O) groups excluding carboxylic acids is 1. The van der Waals surface area contributed by atoms with E-state index in [-0.39, 0.29) is 5.91 Å². The summed E-state index contributed by atoms with van der Waals surface area (Å²) in [6.07, 6.45) is 4.09. The number of nitrogens with zero attached hydrogens (tertiary/aromatic N) is 1. The Hall–Kier alpha value is -3.30. The van der Waals surface area contributed by atoms with Gasteiger partial charge in [0, 0.05) is 45.4 Å². The summed E-state index contributed by atoms with van der Waals surface area (Å²) < 4.78 is 2.23. The highest BCUT2D eigenvalue weighted by Crippen LogP contribution is 2.36. The molecule has 1 N–H and O–H groups in total. The van der Waals surface area contributed by atoms with Gasteiger partial charge in [-0.05, 0) is 29.8 Å². The molecule has 0 unspecified atom stereocenters. The molecule has 3 aromatic carbocycles. The van der Waals surface area contributed by atoms with E-state index in [1.54, 1.807) is 6.07 Å². The van der Waals surface area contributed by atoms with Crippen LogP contribution in [0.1, 0.15) is 16.7 Å². The molecule has 4 heteroatoms. The smallest absolute Gasteiger partial charge is 0.256 e. The molecule has 0 saturated carbocycles. The second kappa shape index (κ2) is 6.70. The number of rotatable bonds is 3. The zero-order chi connectivity index (χ0) is 19.1. The minimum Gasteiger partial charge on any atom is -0.342 e. The van der Waals surface area contributed by atoms with Gasteiger partial charge >= 0.3 is 0 Å². The van der Waals surface area contributed by atoms with E-state index in [2.05, 4.69) is 52.5 Å². The van der Waals surface area contributed by atoms with Crippen molar-refractivity contribution in [1.29, 1.82) is 0 Å². The minimum absolute atomic E-state index is 0.0999. The molecular formula is C24H17ClN2O. The molecule has 0 bridgehead atoms. The highest BCUT2D eigenvalue weighted by Gasteiger charge is 2.24. The summed E-state index contributed by atoms with van der Waals surface area (Å²) in [5.74, 6) is -0.0999. The molecule has 4 aromatic rings. The summed E-state index contributed by atoms with van der Waals surface area (Å²) in [6.45, 7) is 0.781. The minimum atomic E-state index is -0.0999. The lowest BCUT2D eigenvalue weighted by Gasteiger charge is -2.05. The molecule has 5 rings (SSSR count). The summed E-state index contributed by atoms with van der Waals surface area (Å²) >= 11 is 6.06. The molecule has 1 aliphatic rings. The standard InChI is InChI=1S/C24H17ClN2O/c25-18-10-11-20-21(24(28)26-22(20)13-18)12-17-15-27(14-16-6-2-1-3-7-16)23-9-5-4-8-19(17)23/h1-13,15H,14H2,(H,26,28)/b21-12+. The van der Waals surface area contributed by atoms with Gasteiger partial charge in [-0.2, -0.15) is 0 Å². The number of benzene rings is 3. The lowest BCUT2D eigenvalue weighted by atomic mass is 10.0. The summed E-state index contributed by atoms with van der Waals surface area (Å²) in [5.41, 5.74) is 5.72. The Kier molecular flexibility index (Phi) is 4.03. The van der Waals surface area contributed by atoms with Crippen molar-refractivity contribution in [1.82, 2.24) is 4.57 Å². The van der Waals surface area contributed by atoms with Gasteiger partial charge in [0.2, 0.25) is 0 Å². The quantitative estimate of drug-likeness (QED) is 0.442. The van der Waals surface area contributed by atoms with Crippen LogP contribution in [0.25, 0.3) is 22.6 Å². The van der Waals surface area contributed by atoms with Crippen molar-refractivity contribution in [2.45, 2.75) is 6.54 Å². The highest BCUT2D eigenvalue weighted by atomic mass is 35.5. The fraction of sp³-hybridized carbons (Fsp3) is 0.0417. The molecule has 1 aromatic heterocycles. The molecule has 0 aliphatic carbocycles. The molecule has 0 radical (unpaired) electrons. The van der Waals surface area contributed by atoms with E-state index in [0.717, 1.165) is 34.3 Å². The first kappa shape index (κ1) is 16.8. The molecule has 136 valence electrons. The van der Waals surface area contributed by atoms with Gasteiger partial charge in [0.15, 0.2) is 0 Å². The van der Waals surface area contributed by atoms with Crippen molar-refractivity contribution in [3.63, 3.8) is 0 Å². The summed E-state index contributed by atoms with van der Waals surface area (Å²) in [4.78, 5) is 12.6. The number of fused-ring (bicyclic) bond motifs is 2. The SMILES string of the molecule is O=C1Nc2cc(Cl)ccc2/C1=C\c1cn(Cc2ccccc2)c2ccccc12. The average molecular weight is 385 g/mol. The van der Waals surface area contributed by atoms with Crippen LogP contribution >= 0.6 is 11.6 Å². The highest BCUT2D eigenvalue weighted by molar-refractivity contribution is 6.36. The number of anilines is 1. The number of hydrogen-bond acceptors (Lipinski definition) is 1. The van der Waals surface area contributed by atoms with Crippen LogP contribution in [0.4, 0.5) is 5.69 Å². The third-order valence-electron chi connectivity index (χ3n) is 5.08. The van der Waals surface area contributed by atoms with E-state index in [1.165, 1.54) is 5.56 Å². The summed E-state index contributed by atoms with van der Waals surface area (Å²) in [7, 11) is 0. The van der Waals surface area contributed by atoms with Gasteiger partial charge in [0.25, 0.3) is 5.91 Å². The number of aromatic nitrogens is 1. The van der Waals surface area contributed by atoms with Gasteiger partial charge in [0.1, 0.15) is 0 Å². The molecule has 0 saturated heterocycles. The van der Waals surface area contributed by atoms with Crippen LogP contribution in [0.2, 0.25) is 5.02 Å². The van der Waals surface area contributed by atoms with Crippen LogP contribution in [0.15, 0.2) is 79.0 Å². The number of para-hydroxylation sites is 1. The van der Waals surface area contributed by atoms with Crippen molar-refractivity contribution in [2.24, 2.45) is 0 Å². The third-order valence-corrected chi connectivity index (χ3v) is 5.31. The number of hydrogen-bond donors (Lipinski definition) is 1. The predicted molar refractivity (Wildman–Crippen MR) is 115 cm³/mol. The molecule has 1 aliphatic heterocycles. The first-order valence-corrected chi connectivity index (χ1v) is 9.51. The summed E-state index contributed by atoms with van der Waals surface area (Å²) in [5, 5.41) is 4.64. The molecule has 3 nitrogen and oxygen atoms in total. The van der Waals surface area contributed by atoms with Crippen molar-refractivity contribution < 1.29 is 4.79 Å². The maximum absolute atomic E-state index is 12.6. The van der Waals surface area contributed by atoms with Crippen molar-refractivity contribution >= 4 is 45.7 Å². The average Bonchev–Trinajstić information content (AvgIpc) is 3.20. The Labute approximate surface area is 167 Å². The lowest BCUT2D eigenvalue weighted by molar-refractivity contribution is -0.110. The Morgan fingerprint density at radius 3 is 2.61 bits per heavy atom. The van der Waals surface area contributed by atoms with Crippen LogP contribution in [-0.4, -0.2) is 10.5 Å². The van der Waals surface area contributed by atoms with Gasteiger partial charge in [0.05, 0.1) is 5.69 Å². The Morgan fingerprint density at radius 1 is 0.964 bits per heavy atom. The van der Waals surface area contributed by atoms with Gasteiger partial charge in [-0.15, -0.1) is 0 Å². The van der Waals surface area contributed by atoms with Crippen LogP contribution in [0, 0.1) is 0 Å². The van der Waals surface area contributed by atoms with Crippen LogP contribution in [-0.2, 0) is 11.3 Å². The Morgan fingerprint density at radius 2 is 1.75 bits per heavy atom. The molecule has 2 heterocycles.